The lowest BCUT2D eigenvalue weighted by Gasteiger charge is -2.20. The molecule has 0 fully saturated rings. The summed E-state index contributed by atoms with van der Waals surface area (Å²) in [6.07, 6.45) is 0.841. The highest BCUT2D eigenvalue weighted by Crippen LogP contribution is 2.36. The van der Waals surface area contributed by atoms with E-state index in [0.717, 1.165) is 22.3 Å². The van der Waals surface area contributed by atoms with Gasteiger partial charge in [-0.25, -0.2) is 18.4 Å². The van der Waals surface area contributed by atoms with Crippen LogP contribution in [0.15, 0.2) is 97.4 Å². The molecule has 7 heteroatoms. The van der Waals surface area contributed by atoms with Gasteiger partial charge in [0.25, 0.3) is 0 Å². The molecule has 0 spiro atoms. The lowest BCUT2D eigenvalue weighted by Crippen LogP contribution is -2.17. The lowest BCUT2D eigenvalue weighted by molar-refractivity contribution is 0.477. The zero-order valence-electron chi connectivity index (χ0n) is 17.9. The van der Waals surface area contributed by atoms with Gasteiger partial charge in [0.05, 0.1) is 4.90 Å². The van der Waals surface area contributed by atoms with Crippen LogP contribution in [0.4, 0.5) is 0 Å². The fraction of sp³-hybridized carbons (Fsp3) is 0.115. The third-order valence-corrected chi connectivity index (χ3v) is 7.20. The van der Waals surface area contributed by atoms with Gasteiger partial charge in [-0.1, -0.05) is 66.7 Å². The molecule has 4 aromatic rings. The average molecular weight is 524 g/mol. The van der Waals surface area contributed by atoms with E-state index in [9.17, 15) is 13.2 Å². The van der Waals surface area contributed by atoms with Gasteiger partial charge in [0.1, 0.15) is 10.2 Å². The summed E-state index contributed by atoms with van der Waals surface area (Å²) >= 11 is 3.37. The number of hydrogen-bond donors (Lipinski definition) is 1. The number of hydrogen-bond acceptors (Lipinski definition) is 4. The van der Waals surface area contributed by atoms with Crippen LogP contribution in [0.2, 0.25) is 0 Å². The van der Waals surface area contributed by atoms with Gasteiger partial charge in [0.15, 0.2) is 0 Å². The summed E-state index contributed by atoms with van der Waals surface area (Å²) in [6, 6.07) is 24.4. The predicted molar refractivity (Wildman–Crippen MR) is 133 cm³/mol. The molecule has 1 aromatic heterocycles. The van der Waals surface area contributed by atoms with Crippen LogP contribution in [0.1, 0.15) is 28.0 Å². The van der Waals surface area contributed by atoms with Crippen LogP contribution >= 0.6 is 15.9 Å². The van der Waals surface area contributed by atoms with Crippen LogP contribution in [-0.2, 0) is 22.9 Å². The Labute approximate surface area is 201 Å². The minimum absolute atomic E-state index is 0.0804. The number of rotatable bonds is 6. The van der Waals surface area contributed by atoms with Gasteiger partial charge in [-0.15, -0.1) is 0 Å². The maximum absolute atomic E-state index is 12.6. The van der Waals surface area contributed by atoms with Crippen molar-refractivity contribution in [3.63, 3.8) is 0 Å². The van der Waals surface area contributed by atoms with Gasteiger partial charge < -0.3 is 4.42 Å². The number of sulfonamides is 1. The van der Waals surface area contributed by atoms with E-state index in [4.69, 9.17) is 9.56 Å². The maximum atomic E-state index is 12.6. The largest absolute Gasteiger partial charge is 0.427 e. The van der Waals surface area contributed by atoms with E-state index in [1.807, 2.05) is 60.7 Å². The van der Waals surface area contributed by atoms with Crippen molar-refractivity contribution in [3.8, 4) is 11.1 Å². The van der Waals surface area contributed by atoms with Crippen LogP contribution in [0.5, 0.6) is 0 Å². The Hall–Kier alpha value is -3.00. The van der Waals surface area contributed by atoms with Crippen molar-refractivity contribution in [1.29, 1.82) is 0 Å². The fourth-order valence-electron chi connectivity index (χ4n) is 3.98. The van der Waals surface area contributed by atoms with E-state index < -0.39 is 15.6 Å². The topological polar surface area (TPSA) is 90.4 Å². The molecule has 0 aliphatic heterocycles. The molecule has 168 valence electrons. The zero-order chi connectivity index (χ0) is 23.6. The Morgan fingerprint density at radius 2 is 1.36 bits per heavy atom. The second-order valence-corrected chi connectivity index (χ2v) is 10.1. The molecule has 3 aromatic carbocycles. The van der Waals surface area contributed by atoms with Gasteiger partial charge in [-0.05, 0) is 75.6 Å². The first-order valence-electron chi connectivity index (χ1n) is 10.3. The molecule has 4 rings (SSSR count). The van der Waals surface area contributed by atoms with Crippen LogP contribution in [-0.4, -0.2) is 8.42 Å². The summed E-state index contributed by atoms with van der Waals surface area (Å²) < 4.78 is 30.7. The van der Waals surface area contributed by atoms with E-state index in [1.54, 1.807) is 19.1 Å². The van der Waals surface area contributed by atoms with Crippen LogP contribution < -0.4 is 10.8 Å². The number of primary sulfonamides is 1. The number of benzene rings is 3. The molecule has 0 aliphatic carbocycles. The minimum Gasteiger partial charge on any atom is -0.427 e. The SMILES string of the molecule is Cc1cc(-c2ccc(S(N)(=O)=O)c(Cc3ccccc3)c2Cc2ccccc2)c(Br)c(=O)o1. The quantitative estimate of drug-likeness (QED) is 0.375. The molecule has 33 heavy (non-hydrogen) atoms. The standard InChI is InChI=1S/C26H22BrNO4S/c1-17-14-23(25(27)26(29)32-17)20-12-13-24(33(28,30)31)22(16-19-10-6-3-7-11-19)21(20)15-18-8-4-2-5-9-18/h2-14H,15-16H2,1H3,(H2,28,30,31). The van der Waals surface area contributed by atoms with E-state index >= 15 is 0 Å². The second kappa shape index (κ2) is 9.47. The molecule has 0 amide bonds. The van der Waals surface area contributed by atoms with Gasteiger partial charge in [0.2, 0.25) is 10.0 Å². The first kappa shape index (κ1) is 23.2. The average Bonchev–Trinajstić information content (AvgIpc) is 2.78. The van der Waals surface area contributed by atoms with Crippen molar-refractivity contribution in [3.05, 3.63) is 122 Å². The second-order valence-electron chi connectivity index (χ2n) is 7.81. The van der Waals surface area contributed by atoms with Crippen molar-refractivity contribution in [2.75, 3.05) is 0 Å². The van der Waals surface area contributed by atoms with Crippen molar-refractivity contribution in [2.24, 2.45) is 5.14 Å². The molecular weight excluding hydrogens is 502 g/mol. The molecule has 0 saturated heterocycles. The van der Waals surface area contributed by atoms with Gasteiger partial charge in [-0.2, -0.15) is 0 Å². The normalized spacial score (nSPS) is 11.5. The third kappa shape index (κ3) is 5.16. The monoisotopic (exact) mass is 523 g/mol. The Morgan fingerprint density at radius 3 is 1.91 bits per heavy atom. The molecule has 2 N–H and O–H groups in total. The van der Waals surface area contributed by atoms with Gasteiger partial charge >= 0.3 is 5.63 Å². The van der Waals surface area contributed by atoms with E-state index in [1.165, 1.54) is 6.07 Å². The highest BCUT2D eigenvalue weighted by molar-refractivity contribution is 9.10. The van der Waals surface area contributed by atoms with Gasteiger partial charge in [-0.3, -0.25) is 0 Å². The first-order valence-corrected chi connectivity index (χ1v) is 12.6. The molecule has 0 atom stereocenters. The molecule has 0 radical (unpaired) electrons. The first-order chi connectivity index (χ1) is 15.7. The zero-order valence-corrected chi connectivity index (χ0v) is 20.3. The summed E-state index contributed by atoms with van der Waals surface area (Å²) in [7, 11) is -3.99. The van der Waals surface area contributed by atoms with Crippen molar-refractivity contribution >= 4 is 26.0 Å². The number of halogens is 1. The van der Waals surface area contributed by atoms with Gasteiger partial charge in [0, 0.05) is 5.56 Å². The Bertz CT molecular complexity index is 1460. The summed E-state index contributed by atoms with van der Waals surface area (Å²) in [6.45, 7) is 1.71. The minimum atomic E-state index is -3.99. The number of aryl methyl sites for hydroxylation is 1. The summed E-state index contributed by atoms with van der Waals surface area (Å²) in [5, 5.41) is 5.64. The summed E-state index contributed by atoms with van der Waals surface area (Å²) in [5.41, 5.74) is 4.28. The van der Waals surface area contributed by atoms with E-state index in [2.05, 4.69) is 15.9 Å². The molecule has 0 unspecified atom stereocenters. The molecule has 1 heterocycles. The summed E-state index contributed by atoms with van der Waals surface area (Å²) in [5.74, 6) is 0.462. The molecule has 0 bridgehead atoms. The Kier molecular flexibility index (Phi) is 6.65. The molecule has 0 aliphatic rings. The van der Waals surface area contributed by atoms with Crippen LogP contribution in [0.25, 0.3) is 11.1 Å². The fourth-order valence-corrected chi connectivity index (χ4v) is 5.18. The number of nitrogens with two attached hydrogens (primary N) is 1. The third-order valence-electron chi connectivity index (χ3n) is 5.45. The predicted octanol–water partition coefficient (Wildman–Crippen LogP) is 5.21. The maximum Gasteiger partial charge on any atom is 0.350 e. The highest BCUT2D eigenvalue weighted by atomic mass is 79.9. The highest BCUT2D eigenvalue weighted by Gasteiger charge is 2.23. The van der Waals surface area contributed by atoms with E-state index in [0.29, 0.717) is 29.7 Å². The molecule has 5 nitrogen and oxygen atoms in total. The van der Waals surface area contributed by atoms with E-state index in [-0.39, 0.29) is 9.37 Å². The molecular formula is C26H22BrNO4S. The van der Waals surface area contributed by atoms with Crippen molar-refractivity contribution in [2.45, 2.75) is 24.7 Å². The van der Waals surface area contributed by atoms with Crippen molar-refractivity contribution < 1.29 is 12.8 Å². The van der Waals surface area contributed by atoms with Crippen LogP contribution in [0, 0.1) is 6.92 Å². The van der Waals surface area contributed by atoms with Crippen LogP contribution in [0.3, 0.4) is 0 Å². The smallest absolute Gasteiger partial charge is 0.350 e. The summed E-state index contributed by atoms with van der Waals surface area (Å²) in [4.78, 5) is 12.5. The Balaban J connectivity index is 2.05. The lowest BCUT2D eigenvalue weighted by atomic mass is 9.88. The molecule has 0 saturated carbocycles. The Morgan fingerprint density at radius 1 is 0.818 bits per heavy atom. The van der Waals surface area contributed by atoms with Crippen molar-refractivity contribution in [1.82, 2.24) is 0 Å².